The summed E-state index contributed by atoms with van der Waals surface area (Å²) in [6.45, 7) is 1.94. The molecule has 0 saturated carbocycles. The van der Waals surface area contributed by atoms with Gasteiger partial charge < -0.3 is 10.3 Å². The number of aryl methyl sites for hydroxylation is 1. The number of nitrogen functional groups attached to an aromatic ring is 1. The summed E-state index contributed by atoms with van der Waals surface area (Å²) in [4.78, 5) is 4.28. The Hall–Kier alpha value is -2.62. The van der Waals surface area contributed by atoms with Crippen LogP contribution >= 0.6 is 0 Å². The molecular weight excluding hydrogens is 238 g/mol. The lowest BCUT2D eigenvalue weighted by Crippen LogP contribution is -1.90. The zero-order chi connectivity index (χ0) is 13.2. The van der Waals surface area contributed by atoms with Crippen molar-refractivity contribution in [1.29, 1.82) is 0 Å². The van der Waals surface area contributed by atoms with Crippen molar-refractivity contribution >= 4 is 5.88 Å². The monoisotopic (exact) mass is 251 g/mol. The number of pyridine rings is 1. The fraction of sp³-hybridized carbons (Fsp3) is 0.0667. The number of benzene rings is 1. The van der Waals surface area contributed by atoms with Crippen LogP contribution < -0.4 is 5.73 Å². The van der Waals surface area contributed by atoms with E-state index in [4.69, 9.17) is 10.3 Å². The molecule has 0 radical (unpaired) electrons. The molecule has 0 aliphatic heterocycles. The first-order chi connectivity index (χ1) is 9.27. The molecule has 1 aromatic carbocycles. The SMILES string of the molecule is Cc1ncccc1-c1noc(N)c1-c1ccccc1. The third kappa shape index (κ3) is 1.97. The van der Waals surface area contributed by atoms with Gasteiger partial charge in [0.05, 0.1) is 5.56 Å². The molecule has 2 aromatic heterocycles. The van der Waals surface area contributed by atoms with Gasteiger partial charge in [0.2, 0.25) is 5.88 Å². The van der Waals surface area contributed by atoms with E-state index in [0.29, 0.717) is 5.88 Å². The minimum absolute atomic E-state index is 0.324. The van der Waals surface area contributed by atoms with Crippen LogP contribution in [0.1, 0.15) is 5.69 Å². The first-order valence-corrected chi connectivity index (χ1v) is 6.00. The molecule has 94 valence electrons. The maximum atomic E-state index is 5.91. The Morgan fingerprint density at radius 1 is 1.05 bits per heavy atom. The van der Waals surface area contributed by atoms with Gasteiger partial charge in [-0.15, -0.1) is 0 Å². The van der Waals surface area contributed by atoms with Crippen molar-refractivity contribution in [3.8, 4) is 22.4 Å². The number of nitrogens with zero attached hydrogens (tertiary/aromatic N) is 2. The summed E-state index contributed by atoms with van der Waals surface area (Å²) in [6, 6.07) is 13.7. The minimum atomic E-state index is 0.324. The molecule has 4 heteroatoms. The first-order valence-electron chi connectivity index (χ1n) is 6.00. The van der Waals surface area contributed by atoms with Crippen LogP contribution in [0.5, 0.6) is 0 Å². The average Bonchev–Trinajstić information content (AvgIpc) is 2.82. The lowest BCUT2D eigenvalue weighted by Gasteiger charge is -2.04. The Morgan fingerprint density at radius 3 is 2.58 bits per heavy atom. The third-order valence-corrected chi connectivity index (χ3v) is 3.04. The molecule has 0 amide bonds. The van der Waals surface area contributed by atoms with Gasteiger partial charge in [-0.1, -0.05) is 35.5 Å². The van der Waals surface area contributed by atoms with Gasteiger partial charge in [0.15, 0.2) is 0 Å². The van der Waals surface area contributed by atoms with Crippen LogP contribution in [0.3, 0.4) is 0 Å². The van der Waals surface area contributed by atoms with Crippen LogP contribution in [-0.2, 0) is 0 Å². The zero-order valence-corrected chi connectivity index (χ0v) is 10.5. The average molecular weight is 251 g/mol. The molecule has 0 unspecified atom stereocenters. The molecule has 2 N–H and O–H groups in total. The molecule has 0 aliphatic rings. The van der Waals surface area contributed by atoms with E-state index in [1.165, 1.54) is 0 Å². The number of anilines is 1. The van der Waals surface area contributed by atoms with Crippen molar-refractivity contribution in [3.05, 3.63) is 54.4 Å². The second kappa shape index (κ2) is 4.57. The smallest absolute Gasteiger partial charge is 0.230 e. The molecular formula is C15H13N3O. The Bertz CT molecular complexity index is 704. The van der Waals surface area contributed by atoms with Gasteiger partial charge in [-0.2, -0.15) is 0 Å². The molecule has 4 nitrogen and oxygen atoms in total. The van der Waals surface area contributed by atoms with E-state index in [9.17, 15) is 0 Å². The normalized spacial score (nSPS) is 10.6. The lowest BCUT2D eigenvalue weighted by molar-refractivity contribution is 0.439. The highest BCUT2D eigenvalue weighted by Crippen LogP contribution is 2.36. The number of nitrogens with two attached hydrogens (primary N) is 1. The maximum absolute atomic E-state index is 5.91. The standard InChI is InChI=1S/C15H13N3O/c1-10-12(8-5-9-17-10)14-13(15(16)19-18-14)11-6-3-2-4-7-11/h2-9H,16H2,1H3. The highest BCUT2D eigenvalue weighted by molar-refractivity contribution is 5.87. The third-order valence-electron chi connectivity index (χ3n) is 3.04. The van der Waals surface area contributed by atoms with Crippen LogP contribution in [0, 0.1) is 6.92 Å². The molecule has 19 heavy (non-hydrogen) atoms. The molecule has 0 spiro atoms. The Labute approximate surface area is 110 Å². The Kier molecular flexibility index (Phi) is 2.76. The molecule has 0 saturated heterocycles. The van der Waals surface area contributed by atoms with Crippen LogP contribution in [0.15, 0.2) is 53.2 Å². The van der Waals surface area contributed by atoms with Crippen LogP contribution in [0.25, 0.3) is 22.4 Å². The highest BCUT2D eigenvalue weighted by atomic mass is 16.5. The summed E-state index contributed by atoms with van der Waals surface area (Å²) < 4.78 is 5.16. The molecule has 0 bridgehead atoms. The Morgan fingerprint density at radius 2 is 1.84 bits per heavy atom. The van der Waals surface area contributed by atoms with Gasteiger partial charge in [0.1, 0.15) is 5.69 Å². The highest BCUT2D eigenvalue weighted by Gasteiger charge is 2.18. The van der Waals surface area contributed by atoms with E-state index >= 15 is 0 Å². The maximum Gasteiger partial charge on any atom is 0.230 e. The summed E-state index contributed by atoms with van der Waals surface area (Å²) in [7, 11) is 0. The number of aromatic nitrogens is 2. The van der Waals surface area contributed by atoms with E-state index in [1.807, 2.05) is 49.4 Å². The molecule has 3 rings (SSSR count). The molecule has 0 atom stereocenters. The fourth-order valence-corrected chi connectivity index (χ4v) is 2.10. The quantitative estimate of drug-likeness (QED) is 0.759. The Balaban J connectivity index is 2.23. The largest absolute Gasteiger partial charge is 0.367 e. The van der Waals surface area contributed by atoms with E-state index in [2.05, 4.69) is 10.1 Å². The summed E-state index contributed by atoms with van der Waals surface area (Å²) in [5, 5.41) is 4.08. The number of hydrogen-bond acceptors (Lipinski definition) is 4. The zero-order valence-electron chi connectivity index (χ0n) is 10.5. The predicted octanol–water partition coefficient (Wildman–Crippen LogP) is 3.29. The predicted molar refractivity (Wildman–Crippen MR) is 74.3 cm³/mol. The topological polar surface area (TPSA) is 64.9 Å². The van der Waals surface area contributed by atoms with Crippen molar-refractivity contribution in [3.63, 3.8) is 0 Å². The fourth-order valence-electron chi connectivity index (χ4n) is 2.10. The van der Waals surface area contributed by atoms with Gasteiger partial charge in [0.25, 0.3) is 0 Å². The summed E-state index contributed by atoms with van der Waals surface area (Å²) in [5.41, 5.74) is 10.3. The number of hydrogen-bond donors (Lipinski definition) is 1. The van der Waals surface area contributed by atoms with E-state index in [1.54, 1.807) is 6.20 Å². The molecule has 0 aliphatic carbocycles. The van der Waals surface area contributed by atoms with Crippen LogP contribution in [-0.4, -0.2) is 10.1 Å². The van der Waals surface area contributed by atoms with Crippen molar-refractivity contribution in [2.45, 2.75) is 6.92 Å². The van der Waals surface area contributed by atoms with E-state index < -0.39 is 0 Å². The van der Waals surface area contributed by atoms with Crippen molar-refractivity contribution in [2.24, 2.45) is 0 Å². The molecule has 0 fully saturated rings. The van der Waals surface area contributed by atoms with Crippen molar-refractivity contribution in [1.82, 2.24) is 10.1 Å². The number of rotatable bonds is 2. The van der Waals surface area contributed by atoms with Gasteiger partial charge in [-0.3, -0.25) is 4.98 Å². The van der Waals surface area contributed by atoms with Crippen LogP contribution in [0.4, 0.5) is 5.88 Å². The van der Waals surface area contributed by atoms with E-state index in [-0.39, 0.29) is 0 Å². The van der Waals surface area contributed by atoms with Gasteiger partial charge in [-0.05, 0) is 24.6 Å². The van der Waals surface area contributed by atoms with Gasteiger partial charge in [-0.25, -0.2) is 0 Å². The summed E-state index contributed by atoms with van der Waals surface area (Å²) in [5.74, 6) is 0.324. The minimum Gasteiger partial charge on any atom is -0.367 e. The van der Waals surface area contributed by atoms with Gasteiger partial charge >= 0.3 is 0 Å². The second-order valence-corrected chi connectivity index (χ2v) is 4.27. The van der Waals surface area contributed by atoms with E-state index in [0.717, 1.165) is 28.1 Å². The lowest BCUT2D eigenvalue weighted by atomic mass is 10.0. The molecule has 3 aromatic rings. The summed E-state index contributed by atoms with van der Waals surface area (Å²) >= 11 is 0. The van der Waals surface area contributed by atoms with Crippen LogP contribution in [0.2, 0.25) is 0 Å². The van der Waals surface area contributed by atoms with Gasteiger partial charge in [0, 0.05) is 17.5 Å². The van der Waals surface area contributed by atoms with Crippen molar-refractivity contribution < 1.29 is 4.52 Å². The summed E-state index contributed by atoms with van der Waals surface area (Å²) in [6.07, 6.45) is 1.75. The van der Waals surface area contributed by atoms with Crippen molar-refractivity contribution in [2.75, 3.05) is 5.73 Å². The molecule has 2 heterocycles. The second-order valence-electron chi connectivity index (χ2n) is 4.27. The first kappa shape index (κ1) is 11.5.